The number of ether oxygens (including phenoxy) is 1. The lowest BCUT2D eigenvalue weighted by atomic mass is 10.1. The maximum absolute atomic E-state index is 13.7. The van der Waals surface area contributed by atoms with Crippen molar-refractivity contribution in [2.45, 2.75) is 24.4 Å². The first-order valence-corrected chi connectivity index (χ1v) is 5.01. The number of aliphatic hydroxyl groups is 2. The normalized spacial score (nSPS) is 30.6. The van der Waals surface area contributed by atoms with Crippen molar-refractivity contribution >= 4 is 0 Å². The molecule has 2 heterocycles. The number of nitrogens with one attached hydrogen (secondary N) is 1. The summed E-state index contributed by atoms with van der Waals surface area (Å²) in [7, 11) is 0. The average molecular weight is 264 g/mol. The molecule has 1 aliphatic heterocycles. The van der Waals surface area contributed by atoms with E-state index in [-0.39, 0.29) is 0 Å². The van der Waals surface area contributed by atoms with E-state index in [1.54, 1.807) is 4.98 Å². The topological polar surface area (TPSA) is 105 Å². The van der Waals surface area contributed by atoms with Gasteiger partial charge in [0.1, 0.15) is 6.10 Å². The largest absolute Gasteiger partial charge is 0.394 e. The molecule has 9 heteroatoms. The molecule has 1 unspecified atom stereocenters. The van der Waals surface area contributed by atoms with Gasteiger partial charge in [-0.25, -0.2) is 4.79 Å². The van der Waals surface area contributed by atoms with Gasteiger partial charge in [-0.15, -0.1) is 0 Å². The Hall–Kier alpha value is -1.58. The third kappa shape index (κ3) is 1.85. The molecule has 3 N–H and O–H groups in total. The zero-order valence-corrected chi connectivity index (χ0v) is 8.92. The van der Waals surface area contributed by atoms with Crippen LogP contribution < -0.4 is 11.2 Å². The summed E-state index contributed by atoms with van der Waals surface area (Å²) in [4.78, 5) is 24.0. The summed E-state index contributed by atoms with van der Waals surface area (Å²) in [6.07, 6.45) is -4.96. The summed E-state index contributed by atoms with van der Waals surface area (Å²) in [5.41, 5.74) is -1.82. The van der Waals surface area contributed by atoms with Crippen molar-refractivity contribution in [1.29, 1.82) is 0 Å². The molecule has 0 saturated carbocycles. The molecule has 1 aromatic rings. The summed E-state index contributed by atoms with van der Waals surface area (Å²) in [6.45, 7) is -0.814. The highest BCUT2D eigenvalue weighted by atomic mass is 19.3. The number of aromatic amines is 1. The van der Waals surface area contributed by atoms with Crippen LogP contribution in [-0.2, 0) is 4.74 Å². The van der Waals surface area contributed by atoms with Crippen LogP contribution in [0.4, 0.5) is 8.78 Å². The van der Waals surface area contributed by atoms with Crippen molar-refractivity contribution in [2.24, 2.45) is 0 Å². The molecule has 7 nitrogen and oxygen atoms in total. The van der Waals surface area contributed by atoms with Gasteiger partial charge in [0.25, 0.3) is 5.56 Å². The second-order valence-electron chi connectivity index (χ2n) is 3.85. The fourth-order valence-electron chi connectivity index (χ4n) is 1.73. The molecule has 0 radical (unpaired) electrons. The second-order valence-corrected chi connectivity index (χ2v) is 3.85. The summed E-state index contributed by atoms with van der Waals surface area (Å²) in [6, 6.07) is 0.874. The van der Waals surface area contributed by atoms with Crippen LogP contribution in [0, 0.1) is 0 Å². The lowest BCUT2D eigenvalue weighted by molar-refractivity contribution is -0.141. The monoisotopic (exact) mass is 264 g/mol. The highest BCUT2D eigenvalue weighted by molar-refractivity contribution is 4.97. The number of H-pyrrole nitrogens is 1. The van der Waals surface area contributed by atoms with Gasteiger partial charge in [0.15, 0.2) is 6.10 Å². The van der Waals surface area contributed by atoms with Gasteiger partial charge in [0.05, 0.1) is 6.61 Å². The molecule has 1 aliphatic rings. The number of hydrogen-bond donors (Lipinski definition) is 3. The van der Waals surface area contributed by atoms with Crippen LogP contribution in [0.5, 0.6) is 0 Å². The van der Waals surface area contributed by atoms with Gasteiger partial charge >= 0.3 is 11.6 Å². The number of aliphatic hydroxyl groups excluding tert-OH is 2. The Morgan fingerprint density at radius 3 is 2.67 bits per heavy atom. The van der Waals surface area contributed by atoms with Crippen LogP contribution in [0.1, 0.15) is 6.23 Å². The third-order valence-electron chi connectivity index (χ3n) is 2.66. The number of nitrogens with zero attached hydrogens (tertiary/aromatic N) is 1. The van der Waals surface area contributed by atoms with Crippen molar-refractivity contribution in [3.05, 3.63) is 33.1 Å². The van der Waals surface area contributed by atoms with Crippen molar-refractivity contribution in [2.75, 3.05) is 6.61 Å². The van der Waals surface area contributed by atoms with E-state index >= 15 is 0 Å². The van der Waals surface area contributed by atoms with Crippen LogP contribution in [0.25, 0.3) is 0 Å². The fraction of sp³-hybridized carbons (Fsp3) is 0.556. The summed E-state index contributed by atoms with van der Waals surface area (Å²) in [5, 5.41) is 18.1. The maximum Gasteiger partial charge on any atom is 0.330 e. The van der Waals surface area contributed by atoms with Crippen LogP contribution in [0.2, 0.25) is 0 Å². The summed E-state index contributed by atoms with van der Waals surface area (Å²) >= 11 is 0. The smallest absolute Gasteiger partial charge is 0.330 e. The molecule has 0 spiro atoms. The molecular formula is C9H10F2N2O5. The number of alkyl halides is 2. The minimum atomic E-state index is -3.75. The van der Waals surface area contributed by atoms with Gasteiger partial charge in [-0.05, 0) is 0 Å². The molecule has 0 amide bonds. The van der Waals surface area contributed by atoms with Gasteiger partial charge in [0, 0.05) is 12.3 Å². The van der Waals surface area contributed by atoms with E-state index in [2.05, 4.69) is 0 Å². The molecule has 1 aromatic heterocycles. The van der Waals surface area contributed by atoms with Gasteiger partial charge in [-0.3, -0.25) is 14.3 Å². The van der Waals surface area contributed by atoms with Crippen LogP contribution >= 0.6 is 0 Å². The average Bonchev–Trinajstić information content (AvgIpc) is 2.52. The van der Waals surface area contributed by atoms with Gasteiger partial charge < -0.3 is 14.9 Å². The van der Waals surface area contributed by atoms with Crippen molar-refractivity contribution in [1.82, 2.24) is 9.55 Å². The SMILES string of the molecule is O=c1ccn([C@H]2O[C@H](CO)C(O)C2(F)F)c(=O)[nH]1. The van der Waals surface area contributed by atoms with E-state index in [0.29, 0.717) is 4.57 Å². The first-order chi connectivity index (χ1) is 8.37. The van der Waals surface area contributed by atoms with E-state index in [1.165, 1.54) is 0 Å². The number of aromatic nitrogens is 2. The molecular weight excluding hydrogens is 254 g/mol. The molecule has 3 atom stereocenters. The molecule has 0 bridgehead atoms. The number of hydrogen-bond acceptors (Lipinski definition) is 5. The number of rotatable bonds is 2. The first kappa shape index (κ1) is 12.9. The van der Waals surface area contributed by atoms with Gasteiger partial charge in [-0.2, -0.15) is 8.78 Å². The highest BCUT2D eigenvalue weighted by Crippen LogP contribution is 2.41. The predicted molar refractivity (Wildman–Crippen MR) is 53.3 cm³/mol. The van der Waals surface area contributed by atoms with Crippen molar-refractivity contribution < 1.29 is 23.7 Å². The molecule has 2 rings (SSSR count). The molecule has 1 saturated heterocycles. The molecule has 0 aliphatic carbocycles. The zero-order chi connectivity index (χ0) is 13.5. The second kappa shape index (κ2) is 4.26. The lowest BCUT2D eigenvalue weighted by Gasteiger charge is -2.20. The van der Waals surface area contributed by atoms with E-state index in [1.807, 2.05) is 0 Å². The lowest BCUT2D eigenvalue weighted by Crippen LogP contribution is -2.42. The fourth-order valence-corrected chi connectivity index (χ4v) is 1.73. The number of halogens is 2. The van der Waals surface area contributed by atoms with E-state index in [4.69, 9.17) is 9.84 Å². The van der Waals surface area contributed by atoms with Gasteiger partial charge in [0.2, 0.25) is 6.23 Å². The Labute approximate surface area is 98.3 Å². The Morgan fingerprint density at radius 1 is 1.50 bits per heavy atom. The minimum Gasteiger partial charge on any atom is -0.394 e. The van der Waals surface area contributed by atoms with Crippen LogP contribution in [0.3, 0.4) is 0 Å². The van der Waals surface area contributed by atoms with Crippen molar-refractivity contribution in [3.63, 3.8) is 0 Å². The maximum atomic E-state index is 13.7. The Kier molecular flexibility index (Phi) is 3.05. The predicted octanol–water partition coefficient (Wildman–Crippen LogP) is -1.58. The molecule has 18 heavy (non-hydrogen) atoms. The zero-order valence-electron chi connectivity index (χ0n) is 8.92. The molecule has 1 fully saturated rings. The first-order valence-electron chi connectivity index (χ1n) is 5.01. The Balaban J connectivity index is 2.45. The summed E-state index contributed by atoms with van der Waals surface area (Å²) < 4.78 is 32.5. The van der Waals surface area contributed by atoms with E-state index in [0.717, 1.165) is 12.3 Å². The summed E-state index contributed by atoms with van der Waals surface area (Å²) in [5.74, 6) is -3.75. The minimum absolute atomic E-state index is 0.459. The van der Waals surface area contributed by atoms with Crippen molar-refractivity contribution in [3.8, 4) is 0 Å². The standard InChI is InChI=1S/C9H10F2N2O5/c10-9(11)6(16)4(3-14)18-7(9)13-2-1-5(15)12-8(13)17/h1-2,4,6-7,14,16H,3H2,(H,12,15,17)/t4-,6?,7+/m1/s1. The van der Waals surface area contributed by atoms with E-state index in [9.17, 15) is 23.5 Å². The molecule has 0 aromatic carbocycles. The van der Waals surface area contributed by atoms with Crippen LogP contribution in [0.15, 0.2) is 21.9 Å². The Morgan fingerprint density at radius 2 is 2.17 bits per heavy atom. The Bertz CT molecular complexity index is 554. The third-order valence-corrected chi connectivity index (χ3v) is 2.66. The van der Waals surface area contributed by atoms with Crippen LogP contribution in [-0.4, -0.2) is 44.5 Å². The van der Waals surface area contributed by atoms with E-state index < -0.39 is 42.2 Å². The highest BCUT2D eigenvalue weighted by Gasteiger charge is 2.59. The molecule has 100 valence electrons. The quantitative estimate of drug-likeness (QED) is 0.598. The van der Waals surface area contributed by atoms with Gasteiger partial charge in [-0.1, -0.05) is 0 Å².